The van der Waals surface area contributed by atoms with E-state index in [2.05, 4.69) is 17.9 Å². The van der Waals surface area contributed by atoms with E-state index in [1.807, 2.05) is 0 Å². The minimum Gasteiger partial charge on any atom is -0.480 e. The van der Waals surface area contributed by atoms with E-state index in [0.29, 0.717) is 25.2 Å². The van der Waals surface area contributed by atoms with Gasteiger partial charge in [-0.1, -0.05) is 32.1 Å². The van der Waals surface area contributed by atoms with Crippen molar-refractivity contribution < 1.29 is 19.5 Å². The van der Waals surface area contributed by atoms with Crippen molar-refractivity contribution in [3.05, 3.63) is 0 Å². The molecule has 0 radical (unpaired) electrons. The number of thiol groups is 1. The van der Waals surface area contributed by atoms with Gasteiger partial charge in [0, 0.05) is 0 Å². The number of carboxylic acids is 1. The number of rotatable bonds is 5. The fraction of sp³-hybridized carbons (Fsp3) is 0.833. The topological polar surface area (TPSA) is 86.7 Å². The lowest BCUT2D eigenvalue weighted by molar-refractivity contribution is -0.149. The van der Waals surface area contributed by atoms with Crippen molar-refractivity contribution in [1.29, 1.82) is 0 Å². The molecule has 0 aromatic heterocycles. The van der Waals surface area contributed by atoms with Crippen LogP contribution in [0.4, 0.5) is 0 Å². The first-order chi connectivity index (χ1) is 12.5. The van der Waals surface area contributed by atoms with Gasteiger partial charge < -0.3 is 15.3 Å². The number of thioether (sulfide) groups is 1. The van der Waals surface area contributed by atoms with E-state index in [-0.39, 0.29) is 17.2 Å². The Morgan fingerprint density at radius 3 is 2.62 bits per heavy atom. The number of hydrogen-bond donors (Lipinski definition) is 3. The summed E-state index contributed by atoms with van der Waals surface area (Å²) in [4.78, 5) is 38.4. The molecular weight excluding hydrogens is 372 g/mol. The molecule has 0 spiro atoms. The van der Waals surface area contributed by atoms with Gasteiger partial charge in [-0.3, -0.25) is 9.59 Å². The maximum atomic E-state index is 12.9. The summed E-state index contributed by atoms with van der Waals surface area (Å²) in [5.41, 5.74) is 0. The average molecular weight is 401 g/mol. The third-order valence-corrected chi connectivity index (χ3v) is 7.55. The minimum absolute atomic E-state index is 0.0838. The van der Waals surface area contributed by atoms with Crippen LogP contribution in [-0.2, 0) is 14.4 Å². The van der Waals surface area contributed by atoms with Crippen LogP contribution in [0.5, 0.6) is 0 Å². The number of nitrogens with zero attached hydrogens (tertiary/aromatic N) is 1. The Bertz CT molecular complexity index is 553. The second-order valence-electron chi connectivity index (χ2n) is 7.61. The first-order valence-corrected chi connectivity index (χ1v) is 11.2. The van der Waals surface area contributed by atoms with Gasteiger partial charge in [0.05, 0.1) is 10.6 Å². The molecule has 3 fully saturated rings. The number of amides is 2. The van der Waals surface area contributed by atoms with Crippen molar-refractivity contribution >= 4 is 42.2 Å². The van der Waals surface area contributed by atoms with Crippen LogP contribution in [0.3, 0.4) is 0 Å². The lowest BCUT2D eigenvalue weighted by Gasteiger charge is -2.29. The average Bonchev–Trinajstić information content (AvgIpc) is 2.99. The molecule has 4 atom stereocenters. The standard InChI is InChI=1S/C18H28N2O4S2/c21-16(14(25)10-11-4-2-1-3-5-11)19-12-8-9-26-15-7-6-13(18(23)24)20(15)17(12)22/h11-15,25H,1-10H2,(H,19,21)(H,23,24)/t12-,13-,14?,15-/m0/s1. The normalized spacial score (nSPS) is 31.2. The predicted octanol–water partition coefficient (Wildman–Crippen LogP) is 2.28. The molecule has 2 saturated heterocycles. The summed E-state index contributed by atoms with van der Waals surface area (Å²) in [6, 6.07) is -1.41. The molecule has 2 heterocycles. The molecular formula is C18H28N2O4S2. The smallest absolute Gasteiger partial charge is 0.326 e. The Kier molecular flexibility index (Phi) is 6.77. The number of nitrogens with one attached hydrogen (secondary N) is 1. The van der Waals surface area contributed by atoms with Gasteiger partial charge in [0.15, 0.2) is 0 Å². The van der Waals surface area contributed by atoms with E-state index in [4.69, 9.17) is 0 Å². The first-order valence-electron chi connectivity index (χ1n) is 9.62. The number of carboxylic acid groups (broad SMARTS) is 1. The number of aliphatic carboxylic acids is 1. The molecule has 2 aliphatic heterocycles. The summed E-state index contributed by atoms with van der Waals surface area (Å²) in [6.45, 7) is 0. The largest absolute Gasteiger partial charge is 0.480 e. The molecule has 26 heavy (non-hydrogen) atoms. The summed E-state index contributed by atoms with van der Waals surface area (Å²) in [7, 11) is 0. The van der Waals surface area contributed by atoms with Crippen molar-refractivity contribution in [3.63, 3.8) is 0 Å². The predicted molar refractivity (Wildman–Crippen MR) is 104 cm³/mol. The van der Waals surface area contributed by atoms with Gasteiger partial charge in [0.2, 0.25) is 11.8 Å². The van der Waals surface area contributed by atoms with E-state index < -0.39 is 23.3 Å². The van der Waals surface area contributed by atoms with Crippen LogP contribution in [0.2, 0.25) is 0 Å². The van der Waals surface area contributed by atoms with Gasteiger partial charge in [0.1, 0.15) is 12.1 Å². The zero-order valence-corrected chi connectivity index (χ0v) is 16.6. The third-order valence-electron chi connectivity index (χ3n) is 5.79. The molecule has 0 aromatic rings. The van der Waals surface area contributed by atoms with Crippen molar-refractivity contribution in [2.45, 2.75) is 80.5 Å². The van der Waals surface area contributed by atoms with Crippen LogP contribution in [0.1, 0.15) is 57.8 Å². The molecule has 0 aromatic carbocycles. The van der Waals surface area contributed by atoms with E-state index in [0.717, 1.165) is 25.0 Å². The summed E-state index contributed by atoms with van der Waals surface area (Å²) < 4.78 is 0. The van der Waals surface area contributed by atoms with Crippen molar-refractivity contribution in [3.8, 4) is 0 Å². The molecule has 1 saturated carbocycles. The molecule has 0 bridgehead atoms. The van der Waals surface area contributed by atoms with Gasteiger partial charge in [-0.15, -0.1) is 11.8 Å². The van der Waals surface area contributed by atoms with Gasteiger partial charge >= 0.3 is 5.97 Å². The highest BCUT2D eigenvalue weighted by atomic mass is 32.2. The molecule has 2 N–H and O–H groups in total. The van der Waals surface area contributed by atoms with E-state index in [1.165, 1.54) is 24.2 Å². The number of hydrogen-bond acceptors (Lipinski definition) is 5. The molecule has 1 aliphatic carbocycles. The first kappa shape index (κ1) is 19.9. The zero-order chi connectivity index (χ0) is 18.7. The zero-order valence-electron chi connectivity index (χ0n) is 14.9. The lowest BCUT2D eigenvalue weighted by atomic mass is 9.86. The summed E-state index contributed by atoms with van der Waals surface area (Å²) in [6.07, 6.45) is 8.48. The molecule has 2 amide bonds. The Balaban J connectivity index is 1.59. The molecule has 146 valence electrons. The van der Waals surface area contributed by atoms with Crippen molar-refractivity contribution in [2.24, 2.45) is 5.92 Å². The fourth-order valence-corrected chi connectivity index (χ4v) is 6.08. The second-order valence-corrected chi connectivity index (χ2v) is 9.52. The van der Waals surface area contributed by atoms with Gasteiger partial charge in [-0.2, -0.15) is 12.6 Å². The van der Waals surface area contributed by atoms with Crippen LogP contribution in [0.15, 0.2) is 0 Å². The van der Waals surface area contributed by atoms with Gasteiger partial charge in [-0.05, 0) is 37.4 Å². The SMILES string of the molecule is O=C(N[C@H]1CCS[C@H]2CC[C@@H](C(=O)O)N2C1=O)C(S)CC1CCCCC1. The highest BCUT2D eigenvalue weighted by Gasteiger charge is 2.45. The van der Waals surface area contributed by atoms with Crippen molar-refractivity contribution in [2.75, 3.05) is 5.75 Å². The number of carbonyl (C=O) groups excluding carboxylic acids is 2. The Labute approximate surface area is 164 Å². The van der Waals surface area contributed by atoms with Crippen LogP contribution in [0.25, 0.3) is 0 Å². The van der Waals surface area contributed by atoms with Gasteiger partial charge in [-0.25, -0.2) is 4.79 Å². The maximum Gasteiger partial charge on any atom is 0.326 e. The molecule has 1 unspecified atom stereocenters. The highest BCUT2D eigenvalue weighted by molar-refractivity contribution is 7.99. The molecule has 3 rings (SSSR count). The van der Waals surface area contributed by atoms with E-state index >= 15 is 0 Å². The summed E-state index contributed by atoms with van der Waals surface area (Å²) in [5.74, 6) is -0.137. The monoisotopic (exact) mass is 400 g/mol. The second kappa shape index (κ2) is 8.87. The maximum absolute atomic E-state index is 12.9. The van der Waals surface area contributed by atoms with E-state index in [1.54, 1.807) is 11.8 Å². The summed E-state index contributed by atoms with van der Waals surface area (Å²) >= 11 is 6.10. The van der Waals surface area contributed by atoms with Crippen LogP contribution in [0, 0.1) is 5.92 Å². The van der Waals surface area contributed by atoms with Crippen LogP contribution >= 0.6 is 24.4 Å². The van der Waals surface area contributed by atoms with Gasteiger partial charge in [0.25, 0.3) is 0 Å². The molecule has 6 nitrogen and oxygen atoms in total. The Morgan fingerprint density at radius 1 is 1.19 bits per heavy atom. The highest BCUT2D eigenvalue weighted by Crippen LogP contribution is 2.36. The Hall–Kier alpha value is -0.890. The van der Waals surface area contributed by atoms with E-state index in [9.17, 15) is 19.5 Å². The Morgan fingerprint density at radius 2 is 1.92 bits per heavy atom. The molecule has 3 aliphatic rings. The third kappa shape index (κ3) is 4.50. The van der Waals surface area contributed by atoms with Crippen molar-refractivity contribution in [1.82, 2.24) is 10.2 Å². The minimum atomic E-state index is -0.960. The van der Waals surface area contributed by atoms with Crippen LogP contribution in [-0.4, -0.2) is 56.3 Å². The molecule has 8 heteroatoms. The quantitative estimate of drug-likeness (QED) is 0.617. The van der Waals surface area contributed by atoms with Crippen LogP contribution < -0.4 is 5.32 Å². The number of fused-ring (bicyclic) bond motifs is 1. The fourth-order valence-electron chi connectivity index (χ4n) is 4.35. The number of carbonyl (C=O) groups is 3. The summed E-state index contributed by atoms with van der Waals surface area (Å²) in [5, 5.41) is 11.8. The lowest BCUT2D eigenvalue weighted by Crippen LogP contribution is -2.53.